The summed E-state index contributed by atoms with van der Waals surface area (Å²) in [4.78, 5) is 18.7. The molecule has 6 heteroatoms. The first-order chi connectivity index (χ1) is 12.8. The summed E-state index contributed by atoms with van der Waals surface area (Å²) in [7, 11) is 0. The van der Waals surface area contributed by atoms with Crippen LogP contribution < -0.4 is 4.90 Å². The van der Waals surface area contributed by atoms with Crippen LogP contribution in [0.5, 0.6) is 0 Å². The fourth-order valence-corrected chi connectivity index (χ4v) is 5.73. The molecule has 0 saturated carbocycles. The van der Waals surface area contributed by atoms with Crippen molar-refractivity contribution in [2.45, 2.75) is 11.7 Å². The van der Waals surface area contributed by atoms with Gasteiger partial charge in [0.05, 0.1) is 13.2 Å². The first-order valence-corrected chi connectivity index (χ1v) is 11.1. The van der Waals surface area contributed by atoms with E-state index in [1.807, 2.05) is 40.1 Å². The summed E-state index contributed by atoms with van der Waals surface area (Å²) in [6.45, 7) is 5.05. The summed E-state index contributed by atoms with van der Waals surface area (Å²) in [6.07, 6.45) is 1.03. The molecule has 138 valence electrons. The maximum Gasteiger partial charge on any atom is 0.253 e. The van der Waals surface area contributed by atoms with Gasteiger partial charge in [0.15, 0.2) is 0 Å². The maximum atomic E-state index is 12.9. The van der Waals surface area contributed by atoms with Crippen molar-refractivity contribution in [1.29, 1.82) is 0 Å². The Labute approximate surface area is 163 Å². The smallest absolute Gasteiger partial charge is 0.253 e. The molecule has 3 heterocycles. The summed E-state index contributed by atoms with van der Waals surface area (Å²) in [6, 6.07) is 12.4. The molecule has 4 nitrogen and oxygen atoms in total. The Hall–Kier alpha value is -1.50. The zero-order valence-electron chi connectivity index (χ0n) is 14.8. The van der Waals surface area contributed by atoms with Gasteiger partial charge < -0.3 is 14.5 Å². The maximum absolute atomic E-state index is 12.9. The largest absolute Gasteiger partial charge is 0.378 e. The highest BCUT2D eigenvalue weighted by Gasteiger charge is 2.23. The van der Waals surface area contributed by atoms with E-state index in [1.54, 1.807) is 0 Å². The molecule has 1 amide bonds. The van der Waals surface area contributed by atoms with Crippen LogP contribution in [0.4, 0.5) is 5.69 Å². The minimum absolute atomic E-state index is 0.158. The van der Waals surface area contributed by atoms with E-state index in [9.17, 15) is 4.79 Å². The lowest BCUT2D eigenvalue weighted by Crippen LogP contribution is -2.36. The minimum Gasteiger partial charge on any atom is -0.378 e. The SMILES string of the molecule is O=C(c1ccc(N2CCOCC2)cc1)N1CCS[C@@H](c2cccs2)CC1. The minimum atomic E-state index is 0.158. The number of carbonyl (C=O) groups excluding carboxylic acids is 1. The molecule has 26 heavy (non-hydrogen) atoms. The number of amides is 1. The van der Waals surface area contributed by atoms with Gasteiger partial charge in [-0.05, 0) is 42.1 Å². The zero-order chi connectivity index (χ0) is 17.8. The summed E-state index contributed by atoms with van der Waals surface area (Å²) < 4.78 is 5.41. The van der Waals surface area contributed by atoms with Crippen LogP contribution >= 0.6 is 23.1 Å². The van der Waals surface area contributed by atoms with Gasteiger partial charge in [-0.1, -0.05) is 6.07 Å². The van der Waals surface area contributed by atoms with Gasteiger partial charge in [-0.15, -0.1) is 11.3 Å². The number of rotatable bonds is 3. The van der Waals surface area contributed by atoms with Crippen LogP contribution in [-0.2, 0) is 4.74 Å². The van der Waals surface area contributed by atoms with E-state index < -0.39 is 0 Å². The number of benzene rings is 1. The van der Waals surface area contributed by atoms with Crippen LogP contribution in [-0.4, -0.2) is 56.0 Å². The second kappa shape index (κ2) is 8.46. The van der Waals surface area contributed by atoms with E-state index in [-0.39, 0.29) is 5.91 Å². The number of ether oxygens (including phenoxy) is 1. The van der Waals surface area contributed by atoms with Crippen LogP contribution in [0.25, 0.3) is 0 Å². The predicted octanol–water partition coefficient (Wildman–Crippen LogP) is 3.91. The summed E-state index contributed by atoms with van der Waals surface area (Å²) in [5.74, 6) is 1.16. The topological polar surface area (TPSA) is 32.8 Å². The van der Waals surface area contributed by atoms with Gasteiger partial charge in [-0.25, -0.2) is 0 Å². The Bertz CT molecular complexity index is 712. The van der Waals surface area contributed by atoms with Crippen molar-refractivity contribution < 1.29 is 9.53 Å². The molecule has 2 saturated heterocycles. The van der Waals surface area contributed by atoms with Crippen molar-refractivity contribution in [3.8, 4) is 0 Å². The van der Waals surface area contributed by atoms with Gasteiger partial charge in [0.1, 0.15) is 0 Å². The monoisotopic (exact) mass is 388 g/mol. The van der Waals surface area contributed by atoms with Gasteiger partial charge in [-0.2, -0.15) is 11.8 Å². The van der Waals surface area contributed by atoms with Gasteiger partial charge >= 0.3 is 0 Å². The molecule has 2 fully saturated rings. The van der Waals surface area contributed by atoms with Crippen LogP contribution in [0, 0.1) is 0 Å². The van der Waals surface area contributed by atoms with Crippen molar-refractivity contribution in [2.75, 3.05) is 50.0 Å². The second-order valence-electron chi connectivity index (χ2n) is 6.60. The normalized spacial score (nSPS) is 21.5. The number of hydrogen-bond acceptors (Lipinski definition) is 5. The highest BCUT2D eigenvalue weighted by molar-refractivity contribution is 7.99. The van der Waals surface area contributed by atoms with E-state index in [1.165, 1.54) is 10.6 Å². The number of nitrogens with zero attached hydrogens (tertiary/aromatic N) is 2. The van der Waals surface area contributed by atoms with Gasteiger partial charge in [0, 0.05) is 53.3 Å². The van der Waals surface area contributed by atoms with Crippen LogP contribution in [0.1, 0.15) is 26.9 Å². The van der Waals surface area contributed by atoms with Crippen molar-refractivity contribution in [2.24, 2.45) is 0 Å². The number of morpholine rings is 1. The molecule has 0 radical (unpaired) electrons. The Morgan fingerprint density at radius 1 is 1.04 bits per heavy atom. The van der Waals surface area contributed by atoms with E-state index in [2.05, 4.69) is 34.5 Å². The van der Waals surface area contributed by atoms with Gasteiger partial charge in [0.2, 0.25) is 0 Å². The molecule has 1 aromatic heterocycles. The molecule has 2 aromatic rings. The molecule has 4 rings (SSSR count). The lowest BCUT2D eigenvalue weighted by atomic mass is 10.1. The molecule has 0 spiro atoms. The molecule has 2 aliphatic heterocycles. The lowest BCUT2D eigenvalue weighted by molar-refractivity contribution is 0.0766. The quantitative estimate of drug-likeness (QED) is 0.798. The molecule has 0 bridgehead atoms. The van der Waals surface area contributed by atoms with Crippen LogP contribution in [0.3, 0.4) is 0 Å². The van der Waals surface area contributed by atoms with E-state index >= 15 is 0 Å². The molecule has 2 aliphatic rings. The first-order valence-electron chi connectivity index (χ1n) is 9.18. The third-order valence-electron chi connectivity index (χ3n) is 4.98. The molecular weight excluding hydrogens is 364 g/mol. The predicted molar refractivity (Wildman–Crippen MR) is 110 cm³/mol. The Morgan fingerprint density at radius 3 is 2.58 bits per heavy atom. The number of thioether (sulfide) groups is 1. The number of anilines is 1. The number of hydrogen-bond donors (Lipinski definition) is 0. The third kappa shape index (κ3) is 4.08. The first kappa shape index (κ1) is 17.9. The van der Waals surface area contributed by atoms with E-state index in [4.69, 9.17) is 4.74 Å². The zero-order valence-corrected chi connectivity index (χ0v) is 16.4. The van der Waals surface area contributed by atoms with Crippen molar-refractivity contribution in [3.63, 3.8) is 0 Å². The summed E-state index contributed by atoms with van der Waals surface area (Å²) >= 11 is 3.80. The van der Waals surface area contributed by atoms with Gasteiger partial charge in [-0.3, -0.25) is 4.79 Å². The molecule has 0 unspecified atom stereocenters. The molecule has 0 aliphatic carbocycles. The summed E-state index contributed by atoms with van der Waals surface area (Å²) in [5.41, 5.74) is 1.97. The fraction of sp³-hybridized carbons (Fsp3) is 0.450. The van der Waals surface area contributed by atoms with Crippen molar-refractivity contribution in [1.82, 2.24) is 4.90 Å². The standard InChI is InChI=1S/C20H24N2O2S2/c23-20(16-3-5-17(6-4-16)21-9-12-24-13-10-21)22-8-7-19(26-15-11-22)18-2-1-14-25-18/h1-6,14,19H,7-13,15H2/t19-/m1/s1. The lowest BCUT2D eigenvalue weighted by Gasteiger charge is -2.29. The fourth-order valence-electron chi connectivity index (χ4n) is 3.49. The Kier molecular flexibility index (Phi) is 5.82. The molecular formula is C20H24N2O2S2. The number of carbonyl (C=O) groups is 1. The van der Waals surface area contributed by atoms with Gasteiger partial charge in [0.25, 0.3) is 5.91 Å². The molecule has 0 N–H and O–H groups in total. The van der Waals surface area contributed by atoms with Crippen LogP contribution in [0.15, 0.2) is 41.8 Å². The second-order valence-corrected chi connectivity index (χ2v) is 8.89. The summed E-state index contributed by atoms with van der Waals surface area (Å²) in [5, 5.41) is 2.66. The van der Waals surface area contributed by atoms with Crippen molar-refractivity contribution >= 4 is 34.7 Å². The van der Waals surface area contributed by atoms with Crippen LogP contribution in [0.2, 0.25) is 0 Å². The van der Waals surface area contributed by atoms with E-state index in [0.29, 0.717) is 5.25 Å². The Morgan fingerprint density at radius 2 is 1.85 bits per heavy atom. The highest BCUT2D eigenvalue weighted by Crippen LogP contribution is 2.36. The average molecular weight is 389 g/mol. The average Bonchev–Trinajstić information content (AvgIpc) is 3.13. The Balaban J connectivity index is 1.39. The highest BCUT2D eigenvalue weighted by atomic mass is 32.2. The van der Waals surface area contributed by atoms with E-state index in [0.717, 1.165) is 57.1 Å². The number of thiophene rings is 1. The molecule has 1 aromatic carbocycles. The third-order valence-corrected chi connectivity index (χ3v) is 7.43. The molecule has 1 atom stereocenters. The van der Waals surface area contributed by atoms with Crippen molar-refractivity contribution in [3.05, 3.63) is 52.2 Å².